The van der Waals surface area contributed by atoms with Gasteiger partial charge < -0.3 is 10.1 Å². The zero-order valence-corrected chi connectivity index (χ0v) is 21.1. The van der Waals surface area contributed by atoms with Crippen LogP contribution in [-0.4, -0.2) is 35.5 Å². The number of esters is 1. The third-order valence-corrected chi connectivity index (χ3v) is 13.4. The van der Waals surface area contributed by atoms with Gasteiger partial charge in [-0.05, 0) is 81.2 Å². The summed E-state index contributed by atoms with van der Waals surface area (Å²) in [7, 11) is -1.88. The molecule has 1 N–H and O–H groups in total. The Morgan fingerprint density at radius 3 is 2.24 bits per heavy atom. The maximum Gasteiger partial charge on any atom is 0.344 e. The summed E-state index contributed by atoms with van der Waals surface area (Å²) in [6, 6.07) is 15.6. The van der Waals surface area contributed by atoms with Gasteiger partial charge in [-0.3, -0.25) is 4.79 Å². The van der Waals surface area contributed by atoms with E-state index < -0.39 is 12.4 Å². The Labute approximate surface area is 203 Å². The summed E-state index contributed by atoms with van der Waals surface area (Å²) in [5.41, 5.74) is 4.19. The molecule has 0 spiro atoms. The summed E-state index contributed by atoms with van der Waals surface area (Å²) in [6.07, 6.45) is 8.47. The highest BCUT2D eigenvalue weighted by Crippen LogP contribution is 2.77. The van der Waals surface area contributed by atoms with Crippen molar-refractivity contribution in [3.63, 3.8) is 0 Å². The van der Waals surface area contributed by atoms with Crippen LogP contribution in [0.25, 0.3) is 0 Å². The van der Waals surface area contributed by atoms with Crippen molar-refractivity contribution in [3.8, 4) is 6.07 Å². The molecule has 0 atom stereocenters. The van der Waals surface area contributed by atoms with Crippen LogP contribution < -0.4 is 5.32 Å². The molecular weight excluding hydrogens is 443 g/mol. The first-order valence-electron chi connectivity index (χ1n) is 12.3. The fourth-order valence-corrected chi connectivity index (χ4v) is 11.5. The minimum absolute atomic E-state index is 0.0701. The van der Waals surface area contributed by atoms with E-state index in [1.807, 2.05) is 56.3 Å². The molecular formula is C28H34N2O3P+. The molecule has 6 heteroatoms. The molecule has 1 saturated heterocycles. The number of hydrogen-bond acceptors (Lipinski definition) is 4. The smallest absolute Gasteiger partial charge is 0.344 e. The summed E-state index contributed by atoms with van der Waals surface area (Å²) < 4.78 is 5.71. The maximum absolute atomic E-state index is 13.9. The lowest BCUT2D eigenvalue weighted by Crippen LogP contribution is -2.53. The number of nitriles is 1. The third-order valence-electron chi connectivity index (χ3n) is 7.76. The van der Waals surface area contributed by atoms with Crippen LogP contribution in [0.3, 0.4) is 0 Å². The third kappa shape index (κ3) is 4.75. The molecule has 0 bridgehead atoms. The topological polar surface area (TPSA) is 79.2 Å². The van der Waals surface area contributed by atoms with Crippen molar-refractivity contribution in [1.29, 1.82) is 5.26 Å². The first kappa shape index (κ1) is 24.4. The Bertz CT molecular complexity index is 1070. The number of amides is 1. The molecule has 1 amide bonds. The molecule has 178 valence electrons. The van der Waals surface area contributed by atoms with Crippen molar-refractivity contribution in [2.75, 3.05) is 23.8 Å². The van der Waals surface area contributed by atoms with Gasteiger partial charge in [-0.2, -0.15) is 5.26 Å². The normalized spacial score (nSPS) is 18.3. The number of hydrogen-bond donors (Lipinski definition) is 1. The average Bonchev–Trinajstić information content (AvgIpc) is 2.80. The Balaban J connectivity index is 1.56. The lowest BCUT2D eigenvalue weighted by molar-refractivity contribution is -0.141. The van der Waals surface area contributed by atoms with E-state index in [0.29, 0.717) is 11.7 Å². The van der Waals surface area contributed by atoms with E-state index in [9.17, 15) is 14.9 Å². The van der Waals surface area contributed by atoms with Crippen LogP contribution in [0.2, 0.25) is 0 Å². The maximum atomic E-state index is 13.9. The summed E-state index contributed by atoms with van der Waals surface area (Å²) in [6.45, 7) is 4.15. The minimum atomic E-state index is -1.88. The number of ether oxygens (including phenoxy) is 1. The van der Waals surface area contributed by atoms with Gasteiger partial charge in [-0.15, -0.1) is 0 Å². The highest BCUT2D eigenvalue weighted by Gasteiger charge is 2.66. The van der Waals surface area contributed by atoms with Gasteiger partial charge in [-0.1, -0.05) is 30.3 Å². The number of aryl methyl sites for hydroxylation is 2. The van der Waals surface area contributed by atoms with Gasteiger partial charge in [0.25, 0.3) is 5.91 Å². The van der Waals surface area contributed by atoms with Crippen molar-refractivity contribution >= 4 is 24.8 Å². The van der Waals surface area contributed by atoms with Crippen LogP contribution in [0.1, 0.15) is 60.8 Å². The van der Waals surface area contributed by atoms with E-state index in [2.05, 4.69) is 11.4 Å². The quantitative estimate of drug-likeness (QED) is 0.393. The van der Waals surface area contributed by atoms with Gasteiger partial charge in [0.15, 0.2) is 11.3 Å². The van der Waals surface area contributed by atoms with Crippen LogP contribution >= 0.6 is 7.26 Å². The Morgan fingerprint density at radius 1 is 1.03 bits per heavy atom. The number of rotatable bonds is 7. The summed E-state index contributed by atoms with van der Waals surface area (Å²) >= 11 is 0. The molecule has 2 aromatic carbocycles. The van der Waals surface area contributed by atoms with E-state index in [1.165, 1.54) is 6.42 Å². The molecule has 4 rings (SSSR count). The van der Waals surface area contributed by atoms with Crippen molar-refractivity contribution in [1.82, 2.24) is 0 Å². The van der Waals surface area contributed by atoms with E-state index in [1.54, 1.807) is 0 Å². The second kappa shape index (κ2) is 10.3. The molecule has 0 radical (unpaired) electrons. The van der Waals surface area contributed by atoms with Crippen molar-refractivity contribution in [2.24, 2.45) is 0 Å². The summed E-state index contributed by atoms with van der Waals surface area (Å²) in [4.78, 5) is 27.0. The number of nitrogens with zero attached hydrogens (tertiary/aromatic N) is 1. The number of anilines is 1. The van der Waals surface area contributed by atoms with E-state index in [4.69, 9.17) is 4.74 Å². The van der Waals surface area contributed by atoms with Crippen LogP contribution in [0.5, 0.6) is 0 Å². The summed E-state index contributed by atoms with van der Waals surface area (Å²) in [5.74, 6) is -0.0929. The average molecular weight is 478 g/mol. The molecule has 34 heavy (non-hydrogen) atoms. The zero-order valence-electron chi connectivity index (χ0n) is 20.2. The first-order valence-corrected chi connectivity index (χ1v) is 14.6. The predicted molar refractivity (Wildman–Crippen MR) is 137 cm³/mol. The van der Waals surface area contributed by atoms with Crippen LogP contribution in [0.15, 0.2) is 42.5 Å². The molecule has 5 nitrogen and oxygen atoms in total. The van der Waals surface area contributed by atoms with E-state index in [-0.39, 0.29) is 18.5 Å². The highest BCUT2D eigenvalue weighted by molar-refractivity contribution is 7.79. The van der Waals surface area contributed by atoms with Gasteiger partial charge in [0, 0.05) is 12.9 Å². The monoisotopic (exact) mass is 477 g/mol. The summed E-state index contributed by atoms with van der Waals surface area (Å²) in [5, 5.41) is 12.1. The largest absolute Gasteiger partial charge is 0.458 e. The lowest BCUT2D eigenvalue weighted by atomic mass is 9.83. The van der Waals surface area contributed by atoms with Crippen molar-refractivity contribution < 1.29 is 14.3 Å². The number of carbonyl (C=O) groups is 2. The Hall–Kier alpha value is -2.70. The minimum Gasteiger partial charge on any atom is -0.458 e. The SMILES string of the molecule is Cc1cc(C#N)cc(C)c1NC(=O)C1([P+]2(CC(=O)OCc3ccccc3)CCCCC2)CCC1. The lowest BCUT2D eigenvalue weighted by Gasteiger charge is -2.50. The predicted octanol–water partition coefficient (Wildman–Crippen LogP) is 5.98. The van der Waals surface area contributed by atoms with Gasteiger partial charge in [0.1, 0.15) is 6.61 Å². The number of nitrogens with one attached hydrogen (secondary N) is 1. The molecule has 1 aliphatic carbocycles. The van der Waals surface area contributed by atoms with Gasteiger partial charge >= 0.3 is 5.97 Å². The van der Waals surface area contributed by atoms with Gasteiger partial charge in [-0.25, -0.2) is 4.79 Å². The highest BCUT2D eigenvalue weighted by atomic mass is 31.2. The van der Waals surface area contributed by atoms with Crippen molar-refractivity contribution in [2.45, 2.75) is 64.1 Å². The molecule has 1 saturated carbocycles. The number of benzene rings is 2. The fraction of sp³-hybridized carbons (Fsp3) is 0.464. The molecule has 0 unspecified atom stereocenters. The van der Waals surface area contributed by atoms with E-state index >= 15 is 0 Å². The molecule has 2 aromatic rings. The van der Waals surface area contributed by atoms with E-state index in [0.717, 1.165) is 66.8 Å². The second-order valence-corrected chi connectivity index (χ2v) is 14.3. The second-order valence-electron chi connectivity index (χ2n) is 9.89. The van der Waals surface area contributed by atoms with Crippen LogP contribution in [0, 0.1) is 25.2 Å². The van der Waals surface area contributed by atoms with Crippen LogP contribution in [0.4, 0.5) is 5.69 Å². The molecule has 2 fully saturated rings. The Kier molecular flexibility index (Phi) is 7.39. The fourth-order valence-electron chi connectivity index (χ4n) is 5.77. The standard InChI is InChI=1S/C28H33N2O3P/c1-21-16-24(18-29)17-22(2)26(21)30-27(32)28(12-9-13-28)34(14-7-4-8-15-34)20-25(31)33-19-23-10-5-3-6-11-23/h3,5-6,10-11,16-17H,4,7-9,12-15,19-20H2,1-2H3/p+1. The number of carbonyl (C=O) groups excluding carboxylic acids is 2. The molecule has 1 aliphatic heterocycles. The van der Waals surface area contributed by atoms with Gasteiger partial charge in [0.05, 0.1) is 24.0 Å². The molecule has 0 aromatic heterocycles. The van der Waals surface area contributed by atoms with Gasteiger partial charge in [0.2, 0.25) is 0 Å². The first-order chi connectivity index (χ1) is 16.4. The zero-order chi connectivity index (χ0) is 24.2. The molecule has 1 heterocycles. The van der Waals surface area contributed by atoms with Crippen molar-refractivity contribution in [3.05, 3.63) is 64.7 Å². The Morgan fingerprint density at radius 2 is 1.68 bits per heavy atom. The molecule has 2 aliphatic rings. The van der Waals surface area contributed by atoms with Crippen LogP contribution in [-0.2, 0) is 20.9 Å².